The predicted molar refractivity (Wildman–Crippen MR) is 113 cm³/mol. The smallest absolute Gasteiger partial charge is 0.303 e. The van der Waals surface area contributed by atoms with E-state index in [9.17, 15) is 9.59 Å². The quantitative estimate of drug-likeness (QED) is 0.258. The van der Waals surface area contributed by atoms with Crippen molar-refractivity contribution in [3.8, 4) is 0 Å². The van der Waals surface area contributed by atoms with E-state index in [-0.39, 0.29) is 24.8 Å². The van der Waals surface area contributed by atoms with Crippen molar-refractivity contribution in [1.29, 1.82) is 0 Å². The fourth-order valence-corrected chi connectivity index (χ4v) is 3.17. The van der Waals surface area contributed by atoms with Gasteiger partial charge in [0, 0.05) is 12.8 Å². The summed E-state index contributed by atoms with van der Waals surface area (Å²) in [5, 5.41) is 17.5. The van der Waals surface area contributed by atoms with E-state index in [1.165, 1.54) is 44.9 Å². The highest BCUT2D eigenvalue weighted by atomic mass is 35.5. The van der Waals surface area contributed by atoms with Crippen LogP contribution in [0.15, 0.2) is 0 Å². The molecule has 1 atom stereocenters. The van der Waals surface area contributed by atoms with Gasteiger partial charge in [0.15, 0.2) is 0 Å². The van der Waals surface area contributed by atoms with Crippen molar-refractivity contribution in [3.63, 3.8) is 0 Å². The number of carboxylic acid groups (broad SMARTS) is 2. The second kappa shape index (κ2) is 20.8. The lowest BCUT2D eigenvalue weighted by Crippen LogP contribution is -2.13. The molecule has 158 valence electrons. The summed E-state index contributed by atoms with van der Waals surface area (Å²) in [7, 11) is 0. The van der Waals surface area contributed by atoms with Crippen LogP contribution in [0.4, 0.5) is 0 Å². The van der Waals surface area contributed by atoms with Crippen LogP contribution < -0.4 is 0 Å². The summed E-state index contributed by atoms with van der Waals surface area (Å²) in [6.07, 6.45) is 14.7. The van der Waals surface area contributed by atoms with Crippen LogP contribution in [0.5, 0.6) is 0 Å². The van der Waals surface area contributed by atoms with E-state index >= 15 is 0 Å². The standard InChI is InChI=1S/C20H38O4.2ClH/c1-17(2)18(16-20(23)24)14-12-10-8-6-4-3-5-7-9-11-13-15-19(21)22;;/h17-18H,3-16H2,1-2H3,(H,21,22)(H,23,24);2*1H. The lowest BCUT2D eigenvalue weighted by Gasteiger charge is -2.18. The van der Waals surface area contributed by atoms with Crippen molar-refractivity contribution in [2.75, 3.05) is 0 Å². The first kappa shape index (κ1) is 30.3. The molecule has 0 aromatic heterocycles. The van der Waals surface area contributed by atoms with Crippen LogP contribution in [0.1, 0.15) is 104 Å². The van der Waals surface area contributed by atoms with Crippen LogP contribution in [0.3, 0.4) is 0 Å². The van der Waals surface area contributed by atoms with Gasteiger partial charge >= 0.3 is 11.9 Å². The lowest BCUT2D eigenvalue weighted by molar-refractivity contribution is -0.139. The van der Waals surface area contributed by atoms with Crippen molar-refractivity contribution in [2.24, 2.45) is 11.8 Å². The maximum absolute atomic E-state index is 10.8. The highest BCUT2D eigenvalue weighted by Gasteiger charge is 2.16. The number of rotatable bonds is 17. The van der Waals surface area contributed by atoms with Gasteiger partial charge < -0.3 is 10.2 Å². The van der Waals surface area contributed by atoms with E-state index in [2.05, 4.69) is 13.8 Å². The topological polar surface area (TPSA) is 74.6 Å². The first-order valence-corrected chi connectivity index (χ1v) is 9.87. The third-order valence-electron chi connectivity index (χ3n) is 4.85. The normalized spacial score (nSPS) is 11.5. The molecular formula is C20H40Cl2O4. The van der Waals surface area contributed by atoms with Gasteiger partial charge in [0.05, 0.1) is 0 Å². The summed E-state index contributed by atoms with van der Waals surface area (Å²) in [6.45, 7) is 4.24. The Bertz CT molecular complexity index is 336. The van der Waals surface area contributed by atoms with Crippen LogP contribution in [-0.4, -0.2) is 22.2 Å². The van der Waals surface area contributed by atoms with Gasteiger partial charge in [0.25, 0.3) is 0 Å². The summed E-state index contributed by atoms with van der Waals surface area (Å²) >= 11 is 0. The highest BCUT2D eigenvalue weighted by Crippen LogP contribution is 2.23. The zero-order valence-electron chi connectivity index (χ0n) is 16.6. The summed E-state index contributed by atoms with van der Waals surface area (Å²) in [6, 6.07) is 0. The minimum atomic E-state index is -0.683. The molecule has 0 aliphatic rings. The molecule has 0 rings (SSSR count). The van der Waals surface area contributed by atoms with E-state index < -0.39 is 11.9 Å². The Morgan fingerprint density at radius 2 is 1.04 bits per heavy atom. The molecule has 0 aromatic rings. The zero-order chi connectivity index (χ0) is 18.2. The van der Waals surface area contributed by atoms with Crippen molar-refractivity contribution in [2.45, 2.75) is 104 Å². The second-order valence-corrected chi connectivity index (χ2v) is 7.42. The van der Waals surface area contributed by atoms with Crippen LogP contribution in [0, 0.1) is 11.8 Å². The monoisotopic (exact) mass is 414 g/mol. The summed E-state index contributed by atoms with van der Waals surface area (Å²) < 4.78 is 0. The number of carbonyl (C=O) groups is 2. The van der Waals surface area contributed by atoms with Crippen molar-refractivity contribution >= 4 is 36.8 Å². The molecule has 0 saturated heterocycles. The Hall–Kier alpha value is -0.480. The van der Waals surface area contributed by atoms with Gasteiger partial charge in [0.2, 0.25) is 0 Å². The second-order valence-electron chi connectivity index (χ2n) is 7.42. The van der Waals surface area contributed by atoms with Crippen LogP contribution in [0.25, 0.3) is 0 Å². The number of unbranched alkanes of at least 4 members (excludes halogenated alkanes) is 10. The van der Waals surface area contributed by atoms with E-state index in [0.717, 1.165) is 32.1 Å². The molecule has 0 spiro atoms. The molecule has 0 fully saturated rings. The molecule has 6 heteroatoms. The Morgan fingerprint density at radius 1 is 0.654 bits per heavy atom. The Labute approximate surface area is 172 Å². The third-order valence-corrected chi connectivity index (χ3v) is 4.85. The van der Waals surface area contributed by atoms with Gasteiger partial charge in [0.1, 0.15) is 0 Å². The molecule has 2 N–H and O–H groups in total. The van der Waals surface area contributed by atoms with Gasteiger partial charge in [-0.2, -0.15) is 0 Å². The maximum atomic E-state index is 10.8. The molecule has 0 saturated carbocycles. The summed E-state index contributed by atoms with van der Waals surface area (Å²) in [5.74, 6) is -0.574. The summed E-state index contributed by atoms with van der Waals surface area (Å²) in [5.41, 5.74) is 0. The molecule has 26 heavy (non-hydrogen) atoms. The van der Waals surface area contributed by atoms with Gasteiger partial charge in [-0.3, -0.25) is 9.59 Å². The molecule has 0 bridgehead atoms. The first-order chi connectivity index (χ1) is 11.4. The zero-order valence-corrected chi connectivity index (χ0v) is 18.2. The lowest BCUT2D eigenvalue weighted by atomic mass is 9.87. The van der Waals surface area contributed by atoms with E-state index in [1.54, 1.807) is 0 Å². The highest BCUT2D eigenvalue weighted by molar-refractivity contribution is 5.85. The predicted octanol–water partition coefficient (Wildman–Crippen LogP) is 6.73. The molecule has 0 aromatic carbocycles. The van der Waals surface area contributed by atoms with E-state index in [4.69, 9.17) is 10.2 Å². The molecule has 1 unspecified atom stereocenters. The van der Waals surface area contributed by atoms with E-state index in [0.29, 0.717) is 24.7 Å². The molecular weight excluding hydrogens is 375 g/mol. The SMILES string of the molecule is CC(C)C(CCCCCCCCCCCCCC(=O)O)CC(=O)O.Cl.Cl. The average Bonchev–Trinajstić information content (AvgIpc) is 2.49. The minimum absolute atomic E-state index is 0. The van der Waals surface area contributed by atoms with Crippen molar-refractivity contribution in [1.82, 2.24) is 0 Å². The van der Waals surface area contributed by atoms with Gasteiger partial charge in [-0.15, -0.1) is 24.8 Å². The number of carboxylic acids is 2. The number of hydrogen-bond donors (Lipinski definition) is 2. The van der Waals surface area contributed by atoms with Crippen LogP contribution >= 0.6 is 24.8 Å². The minimum Gasteiger partial charge on any atom is -0.481 e. The number of halogens is 2. The van der Waals surface area contributed by atoms with Crippen LogP contribution in [-0.2, 0) is 9.59 Å². The van der Waals surface area contributed by atoms with Crippen molar-refractivity contribution in [3.05, 3.63) is 0 Å². The van der Waals surface area contributed by atoms with Gasteiger partial charge in [-0.05, 0) is 24.7 Å². The Balaban J connectivity index is -0.00000264. The van der Waals surface area contributed by atoms with Crippen LogP contribution in [0.2, 0.25) is 0 Å². The molecule has 4 nitrogen and oxygen atoms in total. The Morgan fingerprint density at radius 3 is 1.38 bits per heavy atom. The average molecular weight is 415 g/mol. The molecule has 0 amide bonds. The fourth-order valence-electron chi connectivity index (χ4n) is 3.17. The molecule has 0 radical (unpaired) electrons. The van der Waals surface area contributed by atoms with Crippen molar-refractivity contribution < 1.29 is 19.8 Å². The molecule has 0 aliphatic heterocycles. The molecule has 0 heterocycles. The van der Waals surface area contributed by atoms with E-state index in [1.807, 2.05) is 0 Å². The summed E-state index contributed by atoms with van der Waals surface area (Å²) in [4.78, 5) is 21.2. The number of aliphatic carboxylic acids is 2. The van der Waals surface area contributed by atoms with Gasteiger partial charge in [-0.25, -0.2) is 0 Å². The third kappa shape index (κ3) is 21.6. The van der Waals surface area contributed by atoms with Gasteiger partial charge in [-0.1, -0.05) is 78.1 Å². The maximum Gasteiger partial charge on any atom is 0.303 e. The fraction of sp³-hybridized carbons (Fsp3) is 0.900. The first-order valence-electron chi connectivity index (χ1n) is 9.87. The number of hydrogen-bond acceptors (Lipinski definition) is 2. The largest absolute Gasteiger partial charge is 0.481 e. The molecule has 0 aliphatic carbocycles. The Kier molecular flexibility index (Phi) is 24.2.